The summed E-state index contributed by atoms with van der Waals surface area (Å²) >= 11 is 0. The lowest BCUT2D eigenvalue weighted by Gasteiger charge is -2.58. The molecule has 0 spiro atoms. The molecule has 5 rings (SSSR count). The average Bonchev–Trinajstić information content (AvgIpc) is 3.23. The highest BCUT2D eigenvalue weighted by atomic mass is 16.1. The summed E-state index contributed by atoms with van der Waals surface area (Å²) in [6, 6.07) is 2.71. The Morgan fingerprint density at radius 2 is 1.96 bits per heavy atom. The molecular weight excluding hydrogens is 282 g/mol. The Bertz CT molecular complexity index is 657. The van der Waals surface area contributed by atoms with Gasteiger partial charge in [0.05, 0.1) is 12.0 Å². The molecule has 2 heteroatoms. The molecule has 0 heterocycles. The number of allylic oxidation sites excluding steroid dienone is 1. The largest absolute Gasteiger partial charge is 0.295 e. The molecule has 0 N–H and O–H groups in total. The number of nitriles is 1. The summed E-state index contributed by atoms with van der Waals surface area (Å²) in [5.74, 6) is 4.57. The van der Waals surface area contributed by atoms with Crippen molar-refractivity contribution in [3.63, 3.8) is 0 Å². The topological polar surface area (TPSA) is 40.9 Å². The van der Waals surface area contributed by atoms with Gasteiger partial charge in [0, 0.05) is 6.42 Å². The lowest BCUT2D eigenvalue weighted by Crippen LogP contribution is -2.51. The molecule has 8 atom stereocenters. The van der Waals surface area contributed by atoms with Crippen LogP contribution in [0.4, 0.5) is 0 Å². The van der Waals surface area contributed by atoms with Gasteiger partial charge in [-0.2, -0.15) is 5.26 Å². The molecule has 122 valence electrons. The highest BCUT2D eigenvalue weighted by Crippen LogP contribution is 2.75. The fourth-order valence-corrected chi connectivity index (χ4v) is 7.77. The quantitative estimate of drug-likeness (QED) is 0.660. The maximum Gasteiger partial charge on any atom is 0.155 e. The molecule has 0 aromatic heterocycles. The first-order valence-electron chi connectivity index (χ1n) is 9.62. The van der Waals surface area contributed by atoms with Crippen LogP contribution in [-0.2, 0) is 4.79 Å². The van der Waals surface area contributed by atoms with Crippen LogP contribution in [0.3, 0.4) is 0 Å². The lowest BCUT2D eigenvalue weighted by molar-refractivity contribution is -0.117. The minimum atomic E-state index is 0.271. The van der Waals surface area contributed by atoms with E-state index in [9.17, 15) is 10.1 Å². The van der Waals surface area contributed by atoms with E-state index in [0.717, 1.165) is 42.9 Å². The van der Waals surface area contributed by atoms with Crippen LogP contribution >= 0.6 is 0 Å². The van der Waals surface area contributed by atoms with Gasteiger partial charge in [-0.1, -0.05) is 19.4 Å². The third kappa shape index (κ3) is 1.62. The van der Waals surface area contributed by atoms with E-state index >= 15 is 0 Å². The lowest BCUT2D eigenvalue weighted by atomic mass is 9.46. The van der Waals surface area contributed by atoms with E-state index in [1.165, 1.54) is 31.3 Å². The Hall–Kier alpha value is -1.10. The smallest absolute Gasteiger partial charge is 0.155 e. The number of ketones is 1. The van der Waals surface area contributed by atoms with Crippen molar-refractivity contribution < 1.29 is 4.79 Å². The van der Waals surface area contributed by atoms with E-state index in [4.69, 9.17) is 0 Å². The molecule has 4 fully saturated rings. The highest BCUT2D eigenvalue weighted by Gasteiger charge is 2.70. The zero-order valence-electron chi connectivity index (χ0n) is 14.3. The van der Waals surface area contributed by atoms with Crippen LogP contribution < -0.4 is 0 Å². The van der Waals surface area contributed by atoms with Gasteiger partial charge in [-0.25, -0.2) is 0 Å². The van der Waals surface area contributed by atoms with Crippen molar-refractivity contribution >= 4 is 5.78 Å². The monoisotopic (exact) mass is 309 g/mol. The van der Waals surface area contributed by atoms with Crippen molar-refractivity contribution in [2.24, 2.45) is 46.3 Å². The van der Waals surface area contributed by atoms with Gasteiger partial charge in [-0.3, -0.25) is 4.79 Å². The molecule has 23 heavy (non-hydrogen) atoms. The Kier molecular flexibility index (Phi) is 2.66. The second-order valence-corrected chi connectivity index (χ2v) is 9.60. The average molecular weight is 309 g/mol. The molecule has 0 aromatic carbocycles. The summed E-state index contributed by atoms with van der Waals surface area (Å²) in [6.07, 6.45) is 10.0. The number of carbonyl (C=O) groups is 1. The van der Waals surface area contributed by atoms with Crippen LogP contribution in [0.25, 0.3) is 0 Å². The number of rotatable bonds is 0. The van der Waals surface area contributed by atoms with Gasteiger partial charge < -0.3 is 0 Å². The second kappa shape index (κ2) is 4.29. The zero-order chi connectivity index (χ0) is 16.0. The van der Waals surface area contributed by atoms with Gasteiger partial charge in [0.1, 0.15) is 0 Å². The molecule has 0 aliphatic heterocycles. The van der Waals surface area contributed by atoms with E-state index in [1.54, 1.807) is 0 Å². The normalized spacial score (nSPS) is 56.6. The Morgan fingerprint density at radius 3 is 2.74 bits per heavy atom. The number of nitrogens with zero attached hydrogens (tertiary/aromatic N) is 1. The molecule has 4 saturated carbocycles. The van der Waals surface area contributed by atoms with E-state index in [2.05, 4.69) is 19.9 Å². The molecule has 5 unspecified atom stereocenters. The van der Waals surface area contributed by atoms with Crippen molar-refractivity contribution in [3.8, 4) is 6.07 Å². The van der Waals surface area contributed by atoms with Crippen LogP contribution in [-0.4, -0.2) is 5.78 Å². The summed E-state index contributed by atoms with van der Waals surface area (Å²) in [4.78, 5) is 11.9. The molecule has 0 aromatic rings. The summed E-state index contributed by atoms with van der Waals surface area (Å²) in [5.41, 5.74) is 2.01. The maximum atomic E-state index is 11.9. The van der Waals surface area contributed by atoms with Gasteiger partial charge in [0.2, 0.25) is 0 Å². The zero-order valence-corrected chi connectivity index (χ0v) is 14.3. The van der Waals surface area contributed by atoms with E-state index in [0.29, 0.717) is 17.6 Å². The minimum absolute atomic E-state index is 0.271. The fraction of sp³-hybridized carbons (Fsp3) is 0.810. The van der Waals surface area contributed by atoms with Crippen LogP contribution in [0, 0.1) is 57.7 Å². The molecular formula is C21H27NO. The molecule has 2 nitrogen and oxygen atoms in total. The van der Waals surface area contributed by atoms with E-state index < -0.39 is 0 Å². The van der Waals surface area contributed by atoms with Gasteiger partial charge in [-0.15, -0.1) is 0 Å². The maximum absolute atomic E-state index is 11.9. The third-order valence-electron chi connectivity index (χ3n) is 8.89. The van der Waals surface area contributed by atoms with Crippen LogP contribution in [0.2, 0.25) is 0 Å². The summed E-state index contributed by atoms with van der Waals surface area (Å²) < 4.78 is 0. The van der Waals surface area contributed by atoms with Gasteiger partial charge in [0.15, 0.2) is 5.78 Å². The molecule has 5 aliphatic carbocycles. The molecule has 0 amide bonds. The Labute approximate surface area is 139 Å². The number of fused-ring (bicyclic) bond motifs is 7. The number of hydrogen-bond acceptors (Lipinski definition) is 2. The Morgan fingerprint density at radius 1 is 1.13 bits per heavy atom. The predicted octanol–water partition coefficient (Wildman–Crippen LogP) is 4.51. The number of carbonyl (C=O) groups excluding carboxylic acids is 1. The molecule has 0 bridgehead atoms. The molecule has 0 saturated heterocycles. The van der Waals surface area contributed by atoms with Gasteiger partial charge in [0.25, 0.3) is 0 Å². The summed E-state index contributed by atoms with van der Waals surface area (Å²) in [7, 11) is 0. The van der Waals surface area contributed by atoms with Crippen LogP contribution in [0.15, 0.2) is 11.6 Å². The van der Waals surface area contributed by atoms with Crippen molar-refractivity contribution in [3.05, 3.63) is 11.6 Å². The standard InChI is InChI=1S/C21H27NO/c1-20-7-5-13(23)9-12(20)3-4-14-17(20)6-8-21(2)18(11-22)15-10-16(15)19(14)21/h9,14-19H,3-8,10H2,1-2H3/t14?,15?,16?,17?,18-,19?,20-,21+/m0/s1. The van der Waals surface area contributed by atoms with Crippen LogP contribution in [0.1, 0.15) is 58.8 Å². The highest BCUT2D eigenvalue weighted by molar-refractivity contribution is 5.91. The molecule has 0 radical (unpaired) electrons. The first kappa shape index (κ1) is 14.3. The van der Waals surface area contributed by atoms with Crippen LogP contribution in [0.5, 0.6) is 0 Å². The molecule has 5 aliphatic rings. The van der Waals surface area contributed by atoms with Gasteiger partial charge >= 0.3 is 0 Å². The third-order valence-corrected chi connectivity index (χ3v) is 8.89. The van der Waals surface area contributed by atoms with Crippen molar-refractivity contribution in [2.75, 3.05) is 0 Å². The first-order valence-corrected chi connectivity index (χ1v) is 9.62. The minimum Gasteiger partial charge on any atom is -0.295 e. The predicted molar refractivity (Wildman–Crippen MR) is 88.2 cm³/mol. The first-order chi connectivity index (χ1) is 11.0. The summed E-state index contributed by atoms with van der Waals surface area (Å²) in [5, 5.41) is 9.73. The van der Waals surface area contributed by atoms with Crippen molar-refractivity contribution in [1.29, 1.82) is 5.26 Å². The SMILES string of the molecule is C[C@]12CCC(=O)C=C1CCC1C2CC[C@@]2(C)C1C1CC1[C@@H]2C#N. The summed E-state index contributed by atoms with van der Waals surface area (Å²) in [6.45, 7) is 4.89. The van der Waals surface area contributed by atoms with E-state index in [1.807, 2.05) is 6.08 Å². The Balaban J connectivity index is 1.53. The fourth-order valence-electron chi connectivity index (χ4n) is 7.77. The second-order valence-electron chi connectivity index (χ2n) is 9.60. The van der Waals surface area contributed by atoms with Crippen molar-refractivity contribution in [2.45, 2.75) is 58.8 Å². The van der Waals surface area contributed by atoms with Crippen molar-refractivity contribution in [1.82, 2.24) is 0 Å². The van der Waals surface area contributed by atoms with Gasteiger partial charge in [-0.05, 0) is 85.0 Å². The number of hydrogen-bond donors (Lipinski definition) is 0. The van der Waals surface area contributed by atoms with E-state index in [-0.39, 0.29) is 10.8 Å².